The van der Waals surface area contributed by atoms with Gasteiger partial charge in [-0.25, -0.2) is 0 Å². The van der Waals surface area contributed by atoms with E-state index >= 15 is 0 Å². The van der Waals surface area contributed by atoms with E-state index in [2.05, 4.69) is 20.8 Å². The first-order chi connectivity index (χ1) is 7.04. The van der Waals surface area contributed by atoms with Gasteiger partial charge in [0.1, 0.15) is 0 Å². The second-order valence-electron chi connectivity index (χ2n) is 5.49. The van der Waals surface area contributed by atoms with Gasteiger partial charge in [0, 0.05) is 5.92 Å². The van der Waals surface area contributed by atoms with E-state index in [4.69, 9.17) is 5.73 Å². The summed E-state index contributed by atoms with van der Waals surface area (Å²) >= 11 is 0. The first-order valence-corrected chi connectivity index (χ1v) is 6.47. The maximum atomic E-state index is 10.8. The molecule has 1 rings (SSSR count). The van der Waals surface area contributed by atoms with Gasteiger partial charge in [-0.3, -0.25) is 0 Å². The van der Waals surface area contributed by atoms with Crippen molar-refractivity contribution in [1.29, 1.82) is 0 Å². The molecule has 1 aliphatic carbocycles. The van der Waals surface area contributed by atoms with Gasteiger partial charge in [-0.15, -0.1) is 0 Å². The molecule has 15 heavy (non-hydrogen) atoms. The van der Waals surface area contributed by atoms with Crippen molar-refractivity contribution in [3.05, 3.63) is 0 Å². The molecule has 0 aliphatic heterocycles. The van der Waals surface area contributed by atoms with Crippen LogP contribution in [0.2, 0.25) is 0 Å². The molecule has 0 aromatic rings. The number of hydrogen-bond donors (Lipinski definition) is 2. The maximum Gasteiger partial charge on any atom is 0.0713 e. The highest BCUT2D eigenvalue weighted by molar-refractivity contribution is 4.95. The van der Waals surface area contributed by atoms with Crippen LogP contribution in [0.4, 0.5) is 0 Å². The molecule has 0 aromatic heterocycles. The van der Waals surface area contributed by atoms with Crippen molar-refractivity contribution in [1.82, 2.24) is 0 Å². The predicted octanol–water partition coefficient (Wildman–Crippen LogP) is 2.55. The van der Waals surface area contributed by atoms with Crippen molar-refractivity contribution in [3.8, 4) is 0 Å². The Kier molecular flexibility index (Phi) is 4.60. The molecule has 0 aromatic carbocycles. The third-order valence-corrected chi connectivity index (χ3v) is 4.28. The standard InChI is InChI=1S/C13H27NO/c1-4-5-12(9-14)13(15)7-6-10(2)8-11(13)3/h10-12,15H,4-9,14H2,1-3H3. The van der Waals surface area contributed by atoms with Gasteiger partial charge in [0.05, 0.1) is 5.60 Å². The van der Waals surface area contributed by atoms with Crippen LogP contribution in [-0.2, 0) is 0 Å². The van der Waals surface area contributed by atoms with Crippen molar-refractivity contribution in [2.45, 2.75) is 58.5 Å². The summed E-state index contributed by atoms with van der Waals surface area (Å²) in [6.45, 7) is 7.27. The molecule has 1 fully saturated rings. The quantitative estimate of drug-likeness (QED) is 0.754. The number of hydrogen-bond acceptors (Lipinski definition) is 2. The minimum Gasteiger partial charge on any atom is -0.389 e. The van der Waals surface area contributed by atoms with Gasteiger partial charge in [0.25, 0.3) is 0 Å². The Morgan fingerprint density at radius 1 is 1.47 bits per heavy atom. The Hall–Kier alpha value is -0.0800. The van der Waals surface area contributed by atoms with Gasteiger partial charge >= 0.3 is 0 Å². The molecule has 4 unspecified atom stereocenters. The normalized spacial score (nSPS) is 39.0. The highest BCUT2D eigenvalue weighted by Crippen LogP contribution is 2.42. The molecular weight excluding hydrogens is 186 g/mol. The molecule has 0 heterocycles. The summed E-state index contributed by atoms with van der Waals surface area (Å²) in [5, 5.41) is 10.8. The highest BCUT2D eigenvalue weighted by Gasteiger charge is 2.43. The van der Waals surface area contributed by atoms with Crippen LogP contribution in [0.25, 0.3) is 0 Å². The van der Waals surface area contributed by atoms with Crippen molar-refractivity contribution < 1.29 is 5.11 Å². The number of nitrogens with two attached hydrogens (primary N) is 1. The SMILES string of the molecule is CCCC(CN)C1(O)CCC(C)CC1C. The van der Waals surface area contributed by atoms with Gasteiger partial charge in [-0.1, -0.05) is 27.2 Å². The fourth-order valence-electron chi connectivity index (χ4n) is 3.18. The van der Waals surface area contributed by atoms with E-state index in [1.165, 1.54) is 0 Å². The second-order valence-corrected chi connectivity index (χ2v) is 5.49. The van der Waals surface area contributed by atoms with Crippen LogP contribution in [-0.4, -0.2) is 17.3 Å². The van der Waals surface area contributed by atoms with Gasteiger partial charge in [-0.05, 0) is 44.1 Å². The minimum absolute atomic E-state index is 0.296. The van der Waals surface area contributed by atoms with Gasteiger partial charge in [0.2, 0.25) is 0 Å². The topological polar surface area (TPSA) is 46.2 Å². The van der Waals surface area contributed by atoms with Crippen molar-refractivity contribution in [3.63, 3.8) is 0 Å². The lowest BCUT2D eigenvalue weighted by Crippen LogP contribution is -2.50. The lowest BCUT2D eigenvalue weighted by Gasteiger charge is -2.45. The Labute approximate surface area is 94.2 Å². The third-order valence-electron chi connectivity index (χ3n) is 4.28. The summed E-state index contributed by atoms with van der Waals surface area (Å²) in [6, 6.07) is 0. The van der Waals surface area contributed by atoms with E-state index in [-0.39, 0.29) is 0 Å². The maximum absolute atomic E-state index is 10.8. The predicted molar refractivity (Wildman–Crippen MR) is 64.6 cm³/mol. The summed E-state index contributed by atoms with van der Waals surface area (Å²) in [5.41, 5.74) is 5.32. The van der Waals surface area contributed by atoms with Crippen molar-refractivity contribution >= 4 is 0 Å². The fourth-order valence-corrected chi connectivity index (χ4v) is 3.18. The molecule has 0 amide bonds. The molecule has 0 spiro atoms. The van der Waals surface area contributed by atoms with Crippen LogP contribution in [0.5, 0.6) is 0 Å². The van der Waals surface area contributed by atoms with Gasteiger partial charge in [-0.2, -0.15) is 0 Å². The molecule has 1 aliphatic rings. The first kappa shape index (κ1) is 13.0. The Morgan fingerprint density at radius 3 is 2.60 bits per heavy atom. The Morgan fingerprint density at radius 2 is 2.13 bits per heavy atom. The molecule has 4 atom stereocenters. The lowest BCUT2D eigenvalue weighted by atomic mass is 9.65. The van der Waals surface area contributed by atoms with Crippen LogP contribution < -0.4 is 5.73 Å². The Bertz CT molecular complexity index is 195. The average molecular weight is 213 g/mol. The summed E-state index contributed by atoms with van der Waals surface area (Å²) < 4.78 is 0. The largest absolute Gasteiger partial charge is 0.389 e. The molecule has 3 N–H and O–H groups in total. The zero-order chi connectivity index (χ0) is 11.5. The van der Waals surface area contributed by atoms with Gasteiger partial charge in [0.15, 0.2) is 0 Å². The molecule has 90 valence electrons. The molecular formula is C13H27NO. The van der Waals surface area contributed by atoms with Crippen LogP contribution in [0, 0.1) is 17.8 Å². The fraction of sp³-hybridized carbons (Fsp3) is 1.00. The molecule has 1 saturated carbocycles. The molecule has 2 nitrogen and oxygen atoms in total. The summed E-state index contributed by atoms with van der Waals surface area (Å²) in [4.78, 5) is 0. The number of rotatable bonds is 4. The first-order valence-electron chi connectivity index (χ1n) is 6.47. The molecule has 0 saturated heterocycles. The van der Waals surface area contributed by atoms with E-state index in [0.717, 1.165) is 38.0 Å². The Balaban J connectivity index is 2.70. The van der Waals surface area contributed by atoms with Crippen LogP contribution in [0.1, 0.15) is 52.9 Å². The van der Waals surface area contributed by atoms with Crippen LogP contribution in [0.15, 0.2) is 0 Å². The van der Waals surface area contributed by atoms with E-state index < -0.39 is 5.60 Å². The van der Waals surface area contributed by atoms with E-state index in [9.17, 15) is 5.11 Å². The average Bonchev–Trinajstić information content (AvgIpc) is 2.20. The number of aliphatic hydroxyl groups is 1. The van der Waals surface area contributed by atoms with E-state index in [1.807, 2.05) is 0 Å². The third kappa shape index (κ3) is 2.73. The van der Waals surface area contributed by atoms with Crippen LogP contribution >= 0.6 is 0 Å². The van der Waals surface area contributed by atoms with Gasteiger partial charge < -0.3 is 10.8 Å². The lowest BCUT2D eigenvalue weighted by molar-refractivity contribution is -0.0978. The molecule has 0 bridgehead atoms. The van der Waals surface area contributed by atoms with Crippen LogP contribution in [0.3, 0.4) is 0 Å². The van der Waals surface area contributed by atoms with E-state index in [1.54, 1.807) is 0 Å². The summed E-state index contributed by atoms with van der Waals surface area (Å²) in [7, 11) is 0. The molecule has 2 heteroatoms. The summed E-state index contributed by atoms with van der Waals surface area (Å²) in [5.74, 6) is 1.46. The van der Waals surface area contributed by atoms with Crippen molar-refractivity contribution in [2.75, 3.05) is 6.54 Å². The minimum atomic E-state index is -0.489. The van der Waals surface area contributed by atoms with E-state index in [0.29, 0.717) is 18.4 Å². The monoisotopic (exact) mass is 213 g/mol. The summed E-state index contributed by atoms with van der Waals surface area (Å²) in [6.07, 6.45) is 5.42. The zero-order valence-electron chi connectivity index (χ0n) is 10.5. The molecule has 0 radical (unpaired) electrons. The van der Waals surface area contributed by atoms with Crippen molar-refractivity contribution in [2.24, 2.45) is 23.5 Å². The zero-order valence-corrected chi connectivity index (χ0v) is 10.5. The smallest absolute Gasteiger partial charge is 0.0713 e. The second kappa shape index (κ2) is 5.31. The highest BCUT2D eigenvalue weighted by atomic mass is 16.3.